The van der Waals surface area contributed by atoms with Gasteiger partial charge in [0.25, 0.3) is 0 Å². The summed E-state index contributed by atoms with van der Waals surface area (Å²) in [5.41, 5.74) is 2.32. The third kappa shape index (κ3) is 14.2. The first-order chi connectivity index (χ1) is 22.8. The van der Waals surface area contributed by atoms with E-state index in [-0.39, 0.29) is 10.2 Å². The van der Waals surface area contributed by atoms with Crippen molar-refractivity contribution in [2.45, 2.75) is 42.4 Å². The zero-order chi connectivity index (χ0) is 33.9. The molecule has 0 aliphatic carbocycles. The Morgan fingerprint density at radius 1 is 0.681 bits per heavy atom. The van der Waals surface area contributed by atoms with Gasteiger partial charge in [0.1, 0.15) is 11.5 Å². The van der Waals surface area contributed by atoms with Crippen LogP contribution in [0.25, 0.3) is 6.08 Å². The van der Waals surface area contributed by atoms with Crippen LogP contribution in [0.5, 0.6) is 11.5 Å². The Balaban J connectivity index is 1.39. The standard InChI is InChI=1S/C37H38O8S2/c1-4-34(38)44-24-8-6-22-42-30-15-10-28(11-16-30)12-21-36(40)47-33-20-19-32(26-27(33)3)46-37(41)29-13-17-31(18-14-29)43-23-7-9-25-45-35(39)5-2/h4-5,10-21,26H,1-2,6-9,22-25H2,3H3/b21-12+. The second-order valence-corrected chi connectivity index (χ2v) is 12.1. The van der Waals surface area contributed by atoms with Crippen LogP contribution in [0.3, 0.4) is 0 Å². The summed E-state index contributed by atoms with van der Waals surface area (Å²) in [6.07, 6.45) is 8.42. The van der Waals surface area contributed by atoms with Gasteiger partial charge in [-0.2, -0.15) is 0 Å². The highest BCUT2D eigenvalue weighted by atomic mass is 32.2. The number of carbonyl (C=O) groups is 4. The Hall–Kier alpha value is -4.54. The fourth-order valence-electron chi connectivity index (χ4n) is 3.89. The quantitative estimate of drug-likeness (QED) is 0.0537. The lowest BCUT2D eigenvalue weighted by Crippen LogP contribution is -2.04. The average molecular weight is 675 g/mol. The van der Waals surface area contributed by atoms with E-state index in [0.717, 1.165) is 75.2 Å². The van der Waals surface area contributed by atoms with Gasteiger partial charge in [0.05, 0.1) is 26.4 Å². The van der Waals surface area contributed by atoms with Crippen LogP contribution in [0.15, 0.2) is 108 Å². The summed E-state index contributed by atoms with van der Waals surface area (Å²) in [6, 6.07) is 20.0. The normalized spacial score (nSPS) is 10.7. The lowest BCUT2D eigenvalue weighted by Gasteiger charge is -2.08. The molecule has 0 saturated carbocycles. The maximum atomic E-state index is 12.9. The lowest BCUT2D eigenvalue weighted by atomic mass is 10.2. The van der Waals surface area contributed by atoms with Gasteiger partial charge in [0.15, 0.2) is 0 Å². The van der Waals surface area contributed by atoms with Gasteiger partial charge in [-0.15, -0.1) is 0 Å². The van der Waals surface area contributed by atoms with Crippen LogP contribution in [-0.4, -0.2) is 48.6 Å². The molecule has 0 aromatic heterocycles. The second-order valence-electron chi connectivity index (χ2n) is 10.0. The SMILES string of the molecule is C=CC(=O)OCCCCOc1ccc(/C=C/C(=O)Sc2ccc(SC(=O)c3ccc(OCCCCOC(=O)C=C)cc3)cc2C)cc1. The Morgan fingerprint density at radius 3 is 1.74 bits per heavy atom. The molecular weight excluding hydrogens is 637 g/mol. The number of thioether (sulfide) groups is 2. The molecule has 3 rings (SSSR count). The van der Waals surface area contributed by atoms with E-state index in [1.54, 1.807) is 30.3 Å². The van der Waals surface area contributed by atoms with E-state index in [1.165, 1.54) is 6.08 Å². The number of carbonyl (C=O) groups excluding carboxylic acids is 4. The Morgan fingerprint density at radius 2 is 1.21 bits per heavy atom. The molecule has 3 aromatic rings. The number of esters is 2. The predicted molar refractivity (Wildman–Crippen MR) is 186 cm³/mol. The van der Waals surface area contributed by atoms with Crippen molar-refractivity contribution in [3.05, 3.63) is 115 Å². The van der Waals surface area contributed by atoms with Gasteiger partial charge in [-0.1, -0.05) is 31.4 Å². The molecular formula is C37H38O8S2. The third-order valence-corrected chi connectivity index (χ3v) is 8.31. The van der Waals surface area contributed by atoms with E-state index in [1.807, 2.05) is 49.4 Å². The van der Waals surface area contributed by atoms with Crippen LogP contribution < -0.4 is 9.47 Å². The minimum absolute atomic E-state index is 0.0950. The van der Waals surface area contributed by atoms with Gasteiger partial charge >= 0.3 is 11.9 Å². The number of aryl methyl sites for hydroxylation is 1. The van der Waals surface area contributed by atoms with E-state index in [9.17, 15) is 19.2 Å². The Labute approximate surface area is 284 Å². The average Bonchev–Trinajstić information content (AvgIpc) is 3.08. The van der Waals surface area contributed by atoms with Crippen molar-refractivity contribution in [3.63, 3.8) is 0 Å². The predicted octanol–water partition coefficient (Wildman–Crippen LogP) is 8.04. The van der Waals surface area contributed by atoms with Crippen molar-refractivity contribution in [3.8, 4) is 11.5 Å². The van der Waals surface area contributed by atoms with Crippen LogP contribution in [-0.2, 0) is 23.9 Å². The molecule has 0 saturated heterocycles. The van der Waals surface area contributed by atoms with Gasteiger partial charge < -0.3 is 18.9 Å². The fraction of sp³-hybridized carbons (Fsp3) is 0.243. The molecule has 0 spiro atoms. The summed E-state index contributed by atoms with van der Waals surface area (Å²) in [6.45, 7) is 10.3. The van der Waals surface area contributed by atoms with E-state index in [2.05, 4.69) is 13.2 Å². The minimum Gasteiger partial charge on any atom is -0.494 e. The smallest absolute Gasteiger partial charge is 0.330 e. The molecule has 0 atom stereocenters. The molecule has 47 heavy (non-hydrogen) atoms. The third-order valence-electron chi connectivity index (χ3n) is 6.39. The largest absolute Gasteiger partial charge is 0.494 e. The van der Waals surface area contributed by atoms with Crippen molar-refractivity contribution >= 4 is 51.8 Å². The molecule has 3 aromatic carbocycles. The monoisotopic (exact) mass is 674 g/mol. The van der Waals surface area contributed by atoms with Gasteiger partial charge in [-0.25, -0.2) is 9.59 Å². The molecule has 10 heteroatoms. The summed E-state index contributed by atoms with van der Waals surface area (Å²) in [4.78, 5) is 49.2. The molecule has 0 unspecified atom stereocenters. The number of ether oxygens (including phenoxy) is 4. The number of hydrogen-bond acceptors (Lipinski definition) is 10. The molecule has 0 aliphatic rings. The van der Waals surface area contributed by atoms with Crippen LogP contribution in [0.4, 0.5) is 0 Å². The molecule has 0 radical (unpaired) electrons. The molecule has 0 bridgehead atoms. The van der Waals surface area contributed by atoms with Gasteiger partial charge in [0.2, 0.25) is 10.2 Å². The second kappa shape index (κ2) is 20.6. The topological polar surface area (TPSA) is 105 Å². The molecule has 0 fully saturated rings. The number of benzene rings is 3. The maximum Gasteiger partial charge on any atom is 0.330 e. The first-order valence-corrected chi connectivity index (χ1v) is 16.7. The molecule has 0 heterocycles. The lowest BCUT2D eigenvalue weighted by molar-refractivity contribution is -0.138. The van der Waals surface area contributed by atoms with E-state index < -0.39 is 11.9 Å². The highest BCUT2D eigenvalue weighted by Crippen LogP contribution is 2.30. The summed E-state index contributed by atoms with van der Waals surface area (Å²) < 4.78 is 21.3. The number of unbranched alkanes of at least 4 members (excludes halogenated alkanes) is 2. The minimum atomic E-state index is -0.435. The first-order valence-electron chi connectivity index (χ1n) is 15.0. The van der Waals surface area contributed by atoms with Crippen LogP contribution in [0, 0.1) is 6.92 Å². The summed E-state index contributed by atoms with van der Waals surface area (Å²) >= 11 is 2.26. The zero-order valence-electron chi connectivity index (χ0n) is 26.3. The number of hydrogen-bond donors (Lipinski definition) is 0. The Kier molecular flexibility index (Phi) is 16.1. The summed E-state index contributed by atoms with van der Waals surface area (Å²) in [5, 5.41) is -0.206. The van der Waals surface area contributed by atoms with E-state index in [4.69, 9.17) is 18.9 Å². The van der Waals surface area contributed by atoms with Crippen molar-refractivity contribution in [2.75, 3.05) is 26.4 Å². The van der Waals surface area contributed by atoms with Gasteiger partial charge in [0, 0.05) is 27.5 Å². The molecule has 8 nitrogen and oxygen atoms in total. The Bertz CT molecular complexity index is 1550. The highest BCUT2D eigenvalue weighted by molar-refractivity contribution is 8.14. The van der Waals surface area contributed by atoms with Crippen LogP contribution in [0.2, 0.25) is 0 Å². The molecule has 246 valence electrons. The van der Waals surface area contributed by atoms with Gasteiger partial charge in [-0.3, -0.25) is 9.59 Å². The molecule has 0 aliphatic heterocycles. The van der Waals surface area contributed by atoms with E-state index >= 15 is 0 Å². The first kappa shape index (κ1) is 36.9. The van der Waals surface area contributed by atoms with E-state index in [0.29, 0.717) is 50.6 Å². The van der Waals surface area contributed by atoms with Gasteiger partial charge in [-0.05, 0) is 128 Å². The van der Waals surface area contributed by atoms with Crippen LogP contribution >= 0.6 is 23.5 Å². The van der Waals surface area contributed by atoms with Crippen molar-refractivity contribution in [1.29, 1.82) is 0 Å². The molecule has 0 N–H and O–H groups in total. The highest BCUT2D eigenvalue weighted by Gasteiger charge is 2.11. The van der Waals surface area contributed by atoms with Crippen molar-refractivity contribution < 1.29 is 38.1 Å². The summed E-state index contributed by atoms with van der Waals surface area (Å²) in [5.74, 6) is 0.518. The number of rotatable bonds is 19. The molecule has 0 amide bonds. The maximum absolute atomic E-state index is 12.9. The van der Waals surface area contributed by atoms with Crippen molar-refractivity contribution in [2.24, 2.45) is 0 Å². The fourth-order valence-corrected chi connectivity index (χ4v) is 5.44. The summed E-state index contributed by atoms with van der Waals surface area (Å²) in [7, 11) is 0. The zero-order valence-corrected chi connectivity index (χ0v) is 27.9. The van der Waals surface area contributed by atoms with Crippen molar-refractivity contribution in [1.82, 2.24) is 0 Å². The van der Waals surface area contributed by atoms with Crippen LogP contribution in [0.1, 0.15) is 47.2 Å².